The summed E-state index contributed by atoms with van der Waals surface area (Å²) < 4.78 is 45.1. The van der Waals surface area contributed by atoms with Gasteiger partial charge >= 0.3 is 6.18 Å². The molecule has 5 rings (SSSR count). The summed E-state index contributed by atoms with van der Waals surface area (Å²) in [6.07, 6.45) is 7.00. The normalized spacial score (nSPS) is 53.5. The summed E-state index contributed by atoms with van der Waals surface area (Å²) in [6, 6.07) is 0. The van der Waals surface area contributed by atoms with Crippen molar-refractivity contribution in [3.8, 4) is 0 Å². The highest BCUT2D eigenvalue weighted by Crippen LogP contribution is 2.65. The molecule has 0 radical (unpaired) electrons. The lowest BCUT2D eigenvalue weighted by Crippen LogP contribution is -2.49. The summed E-state index contributed by atoms with van der Waals surface area (Å²) in [5, 5.41) is 0. The second-order valence-corrected chi connectivity index (χ2v) is 10.5. The summed E-state index contributed by atoms with van der Waals surface area (Å²) in [5.74, 6) is 3.06. The van der Waals surface area contributed by atoms with Crippen LogP contribution in [-0.2, 0) is 4.74 Å². The van der Waals surface area contributed by atoms with Gasteiger partial charge in [-0.15, -0.1) is 0 Å². The topological polar surface area (TPSA) is 12.5 Å². The number of alkyl halides is 3. The van der Waals surface area contributed by atoms with Crippen LogP contribution in [0.2, 0.25) is 0 Å². The van der Waals surface area contributed by atoms with Crippen molar-refractivity contribution in [1.82, 2.24) is 0 Å². The number of rotatable bonds is 2. The molecule has 1 aliphatic heterocycles. The van der Waals surface area contributed by atoms with E-state index in [0.717, 1.165) is 43.1 Å². The average molecular weight is 370 g/mol. The number of hydrogen-bond donors (Lipinski definition) is 0. The third-order valence-corrected chi connectivity index (χ3v) is 9.56. The van der Waals surface area contributed by atoms with E-state index in [-0.39, 0.29) is 0 Å². The summed E-state index contributed by atoms with van der Waals surface area (Å²) in [4.78, 5) is 0. The molecule has 0 amide bonds. The van der Waals surface area contributed by atoms with Crippen LogP contribution in [0, 0.1) is 46.8 Å². The predicted molar refractivity (Wildman–Crippen MR) is 94.5 cm³/mol. The van der Waals surface area contributed by atoms with Gasteiger partial charge in [0.15, 0.2) is 0 Å². The lowest BCUT2D eigenvalue weighted by molar-refractivity contribution is -0.196. The van der Waals surface area contributed by atoms with E-state index in [0.29, 0.717) is 36.2 Å². The van der Waals surface area contributed by atoms with Crippen molar-refractivity contribution >= 4 is 0 Å². The SMILES string of the molecule is CC12CCC3C4CCC(C(F)(F)F)CC4CCC3C1CCC2CC1CO1. The van der Waals surface area contributed by atoms with Gasteiger partial charge in [-0.25, -0.2) is 0 Å². The molecule has 0 aromatic heterocycles. The van der Waals surface area contributed by atoms with Gasteiger partial charge in [-0.1, -0.05) is 6.92 Å². The molecule has 0 aromatic rings. The molecule has 148 valence electrons. The van der Waals surface area contributed by atoms with E-state index in [4.69, 9.17) is 4.74 Å². The minimum Gasteiger partial charge on any atom is -0.373 e. The summed E-state index contributed by atoms with van der Waals surface area (Å²) in [6.45, 7) is 3.51. The molecule has 9 unspecified atom stereocenters. The van der Waals surface area contributed by atoms with Crippen molar-refractivity contribution in [1.29, 1.82) is 0 Å². The van der Waals surface area contributed by atoms with Crippen molar-refractivity contribution in [2.75, 3.05) is 6.61 Å². The van der Waals surface area contributed by atoms with Crippen molar-refractivity contribution in [2.24, 2.45) is 46.8 Å². The Kier molecular flexibility index (Phi) is 4.20. The molecule has 0 spiro atoms. The third-order valence-electron chi connectivity index (χ3n) is 9.56. The first-order valence-electron chi connectivity index (χ1n) is 11.0. The van der Waals surface area contributed by atoms with E-state index in [1.165, 1.54) is 38.5 Å². The molecule has 0 N–H and O–H groups in total. The molecule has 5 aliphatic rings. The molecule has 4 saturated carbocycles. The second kappa shape index (κ2) is 6.12. The van der Waals surface area contributed by atoms with Gasteiger partial charge < -0.3 is 4.74 Å². The van der Waals surface area contributed by atoms with Gasteiger partial charge in [-0.3, -0.25) is 0 Å². The summed E-state index contributed by atoms with van der Waals surface area (Å²) >= 11 is 0. The Morgan fingerprint density at radius 2 is 1.69 bits per heavy atom. The van der Waals surface area contributed by atoms with Crippen LogP contribution in [0.15, 0.2) is 0 Å². The van der Waals surface area contributed by atoms with Crippen LogP contribution in [0.4, 0.5) is 13.2 Å². The Morgan fingerprint density at radius 3 is 2.42 bits per heavy atom. The first kappa shape index (κ1) is 17.8. The van der Waals surface area contributed by atoms with Crippen LogP contribution in [0.1, 0.15) is 71.1 Å². The zero-order chi connectivity index (χ0) is 18.1. The number of ether oxygens (including phenoxy) is 1. The molecule has 9 atom stereocenters. The highest BCUT2D eigenvalue weighted by molar-refractivity contribution is 5.06. The second-order valence-electron chi connectivity index (χ2n) is 10.5. The van der Waals surface area contributed by atoms with E-state index in [2.05, 4.69) is 6.92 Å². The standard InChI is InChI=1S/C22H33F3O/c1-21-9-8-18-17-6-3-15(22(23,24)25)10-13(17)2-5-19(18)20(21)7-4-14(21)11-16-12-26-16/h13-20H,2-12H2,1H3. The highest BCUT2D eigenvalue weighted by atomic mass is 19.4. The molecule has 1 heterocycles. The summed E-state index contributed by atoms with van der Waals surface area (Å²) in [5.41, 5.74) is 0.475. The lowest BCUT2D eigenvalue weighted by atomic mass is 9.49. The number of epoxide rings is 1. The van der Waals surface area contributed by atoms with Gasteiger partial charge in [-0.2, -0.15) is 13.2 Å². The monoisotopic (exact) mass is 370 g/mol. The molecule has 26 heavy (non-hydrogen) atoms. The fraction of sp³-hybridized carbons (Fsp3) is 1.00. The Bertz CT molecular complexity index is 542. The van der Waals surface area contributed by atoms with Crippen molar-refractivity contribution in [3.63, 3.8) is 0 Å². The van der Waals surface area contributed by atoms with Crippen molar-refractivity contribution < 1.29 is 17.9 Å². The molecule has 1 nitrogen and oxygen atoms in total. The van der Waals surface area contributed by atoms with Gasteiger partial charge in [0.2, 0.25) is 0 Å². The Balaban J connectivity index is 1.30. The van der Waals surface area contributed by atoms with Gasteiger partial charge in [0, 0.05) is 0 Å². The zero-order valence-electron chi connectivity index (χ0n) is 15.9. The van der Waals surface area contributed by atoms with Crippen molar-refractivity contribution in [2.45, 2.75) is 83.4 Å². The smallest absolute Gasteiger partial charge is 0.373 e. The minimum atomic E-state index is -3.98. The quantitative estimate of drug-likeness (QED) is 0.526. The third kappa shape index (κ3) is 2.84. The van der Waals surface area contributed by atoms with E-state index >= 15 is 0 Å². The maximum atomic E-state index is 13.2. The fourth-order valence-electron chi connectivity index (χ4n) is 8.17. The first-order valence-corrected chi connectivity index (χ1v) is 11.0. The molecule has 1 saturated heterocycles. The van der Waals surface area contributed by atoms with Gasteiger partial charge in [-0.05, 0) is 105 Å². The average Bonchev–Trinajstić information content (AvgIpc) is 3.35. The highest BCUT2D eigenvalue weighted by Gasteiger charge is 2.58. The maximum absolute atomic E-state index is 13.2. The molecule has 0 aromatic carbocycles. The largest absolute Gasteiger partial charge is 0.391 e. The summed E-state index contributed by atoms with van der Waals surface area (Å²) in [7, 11) is 0. The van der Waals surface area contributed by atoms with E-state index in [9.17, 15) is 13.2 Å². The van der Waals surface area contributed by atoms with Gasteiger partial charge in [0.05, 0.1) is 18.6 Å². The fourth-order valence-corrected chi connectivity index (χ4v) is 8.17. The lowest BCUT2D eigenvalue weighted by Gasteiger charge is -2.56. The predicted octanol–water partition coefficient (Wildman–Crippen LogP) is 6.22. The van der Waals surface area contributed by atoms with Crippen LogP contribution >= 0.6 is 0 Å². The van der Waals surface area contributed by atoms with Crippen LogP contribution in [-0.4, -0.2) is 18.9 Å². The van der Waals surface area contributed by atoms with Gasteiger partial charge in [0.25, 0.3) is 0 Å². The molecule has 5 fully saturated rings. The molecule has 4 heteroatoms. The number of halogens is 3. The zero-order valence-corrected chi connectivity index (χ0v) is 15.9. The van der Waals surface area contributed by atoms with Crippen LogP contribution < -0.4 is 0 Å². The van der Waals surface area contributed by atoms with E-state index in [1.807, 2.05) is 0 Å². The van der Waals surface area contributed by atoms with Gasteiger partial charge in [0.1, 0.15) is 0 Å². The van der Waals surface area contributed by atoms with E-state index in [1.54, 1.807) is 0 Å². The maximum Gasteiger partial charge on any atom is 0.391 e. The number of fused-ring (bicyclic) bond motifs is 5. The first-order chi connectivity index (χ1) is 12.4. The minimum absolute atomic E-state index is 0.345. The Labute approximate surface area is 155 Å². The Morgan fingerprint density at radius 1 is 0.923 bits per heavy atom. The van der Waals surface area contributed by atoms with Crippen LogP contribution in [0.5, 0.6) is 0 Å². The van der Waals surface area contributed by atoms with Crippen LogP contribution in [0.25, 0.3) is 0 Å². The molecule has 4 aliphatic carbocycles. The van der Waals surface area contributed by atoms with Crippen molar-refractivity contribution in [3.05, 3.63) is 0 Å². The molecular weight excluding hydrogens is 337 g/mol. The molecular formula is C22H33F3O. The molecule has 0 bridgehead atoms. The Hall–Kier alpha value is -0.250. The van der Waals surface area contributed by atoms with Crippen LogP contribution in [0.3, 0.4) is 0 Å². The number of hydrogen-bond acceptors (Lipinski definition) is 1. The van der Waals surface area contributed by atoms with E-state index < -0.39 is 12.1 Å².